The van der Waals surface area contributed by atoms with Crippen molar-refractivity contribution in [2.45, 2.75) is 24.8 Å². The molecule has 15 heavy (non-hydrogen) atoms. The van der Waals surface area contributed by atoms with E-state index in [1.54, 1.807) is 12.1 Å². The van der Waals surface area contributed by atoms with Crippen molar-refractivity contribution in [1.82, 2.24) is 5.32 Å². The van der Waals surface area contributed by atoms with Gasteiger partial charge in [0.15, 0.2) is 0 Å². The van der Waals surface area contributed by atoms with Crippen molar-refractivity contribution >= 4 is 6.03 Å². The Kier molecular flexibility index (Phi) is 2.58. The molecule has 1 aromatic carbocycles. The molecule has 2 amide bonds. The summed E-state index contributed by atoms with van der Waals surface area (Å²) in [5.41, 5.74) is 5.73. The topological polar surface area (TPSA) is 55.1 Å². The molecule has 80 valence electrons. The predicted molar refractivity (Wildman–Crippen MR) is 54.9 cm³/mol. The number of halogens is 1. The van der Waals surface area contributed by atoms with Crippen molar-refractivity contribution in [2.75, 3.05) is 0 Å². The molecular weight excluding hydrogens is 195 g/mol. The van der Waals surface area contributed by atoms with Crippen LogP contribution in [0.1, 0.15) is 24.3 Å². The number of hydrogen-bond donors (Lipinski definition) is 2. The Labute approximate surface area is 87.5 Å². The van der Waals surface area contributed by atoms with Gasteiger partial charge in [0, 0.05) is 6.04 Å². The highest BCUT2D eigenvalue weighted by atomic mass is 19.1. The molecule has 0 unspecified atom stereocenters. The molecule has 0 bridgehead atoms. The van der Waals surface area contributed by atoms with Crippen LogP contribution in [-0.4, -0.2) is 12.1 Å². The summed E-state index contributed by atoms with van der Waals surface area (Å²) in [6.45, 7) is 0. The van der Waals surface area contributed by atoms with Gasteiger partial charge in [0.2, 0.25) is 0 Å². The second-order valence-corrected chi connectivity index (χ2v) is 3.90. The number of amides is 2. The molecule has 1 aliphatic rings. The van der Waals surface area contributed by atoms with Crippen LogP contribution in [0.5, 0.6) is 0 Å². The van der Waals surface area contributed by atoms with Crippen molar-refractivity contribution in [3.05, 3.63) is 35.6 Å². The summed E-state index contributed by atoms with van der Waals surface area (Å²) in [6, 6.07) is 6.35. The van der Waals surface area contributed by atoms with Crippen LogP contribution >= 0.6 is 0 Å². The number of primary amides is 1. The third-order valence-corrected chi connectivity index (χ3v) is 2.83. The standard InChI is InChI=1S/C11H13FN2O/c12-10-4-2-1-3-9(10)7-5-8(6-7)14-11(13)15/h1-4,7-8H,5-6H2,(H3,13,14,15). The Morgan fingerprint density at radius 1 is 1.40 bits per heavy atom. The lowest BCUT2D eigenvalue weighted by molar-refractivity contribution is 0.229. The largest absolute Gasteiger partial charge is 0.352 e. The average Bonchev–Trinajstić information content (AvgIpc) is 2.12. The molecule has 3 N–H and O–H groups in total. The monoisotopic (exact) mass is 208 g/mol. The Balaban J connectivity index is 1.95. The molecular formula is C11H13FN2O. The number of carbonyl (C=O) groups is 1. The Hall–Kier alpha value is -1.58. The number of rotatable bonds is 2. The zero-order valence-corrected chi connectivity index (χ0v) is 8.24. The lowest BCUT2D eigenvalue weighted by atomic mass is 9.76. The first-order chi connectivity index (χ1) is 7.16. The molecule has 3 nitrogen and oxygen atoms in total. The minimum Gasteiger partial charge on any atom is -0.352 e. The summed E-state index contributed by atoms with van der Waals surface area (Å²) in [4.78, 5) is 10.5. The van der Waals surface area contributed by atoms with E-state index in [1.807, 2.05) is 6.07 Å². The lowest BCUT2D eigenvalue weighted by Gasteiger charge is -2.35. The molecule has 0 saturated heterocycles. The Morgan fingerprint density at radius 3 is 2.67 bits per heavy atom. The number of urea groups is 1. The predicted octanol–water partition coefficient (Wildman–Crippen LogP) is 1.74. The molecule has 0 heterocycles. The van der Waals surface area contributed by atoms with Crippen molar-refractivity contribution in [3.8, 4) is 0 Å². The Morgan fingerprint density at radius 2 is 2.07 bits per heavy atom. The highest BCUT2D eigenvalue weighted by Crippen LogP contribution is 2.37. The van der Waals surface area contributed by atoms with Gasteiger partial charge in [0.05, 0.1) is 0 Å². The lowest BCUT2D eigenvalue weighted by Crippen LogP contribution is -2.45. The van der Waals surface area contributed by atoms with Crippen LogP contribution in [0.15, 0.2) is 24.3 Å². The molecule has 0 spiro atoms. The van der Waals surface area contributed by atoms with Gasteiger partial charge in [-0.3, -0.25) is 0 Å². The van der Waals surface area contributed by atoms with Crippen LogP contribution in [0, 0.1) is 5.82 Å². The Bertz CT molecular complexity index is 375. The summed E-state index contributed by atoms with van der Waals surface area (Å²) in [5.74, 6) is 0.0445. The van der Waals surface area contributed by atoms with Gasteiger partial charge in [-0.05, 0) is 30.4 Å². The van der Waals surface area contributed by atoms with Crippen LogP contribution in [0.3, 0.4) is 0 Å². The normalized spacial score (nSPS) is 24.3. The smallest absolute Gasteiger partial charge is 0.312 e. The SMILES string of the molecule is NC(=O)NC1CC(c2ccccc2F)C1. The maximum Gasteiger partial charge on any atom is 0.312 e. The average molecular weight is 208 g/mol. The third kappa shape index (κ3) is 2.09. The molecule has 0 aliphatic heterocycles. The van der Waals surface area contributed by atoms with Crippen LogP contribution < -0.4 is 11.1 Å². The van der Waals surface area contributed by atoms with Crippen LogP contribution in [-0.2, 0) is 0 Å². The highest BCUT2D eigenvalue weighted by Gasteiger charge is 2.32. The molecule has 1 saturated carbocycles. The summed E-state index contributed by atoms with van der Waals surface area (Å²) >= 11 is 0. The zero-order chi connectivity index (χ0) is 10.8. The maximum atomic E-state index is 13.3. The maximum absolute atomic E-state index is 13.3. The summed E-state index contributed by atoms with van der Waals surface area (Å²) in [5, 5.41) is 2.61. The van der Waals surface area contributed by atoms with E-state index in [2.05, 4.69) is 5.32 Å². The molecule has 1 fully saturated rings. The van der Waals surface area contributed by atoms with E-state index in [0.717, 1.165) is 18.4 Å². The number of benzene rings is 1. The number of hydrogen-bond acceptors (Lipinski definition) is 1. The number of nitrogens with two attached hydrogens (primary N) is 1. The number of nitrogens with one attached hydrogen (secondary N) is 1. The van der Waals surface area contributed by atoms with E-state index < -0.39 is 6.03 Å². The van der Waals surface area contributed by atoms with Gasteiger partial charge in [-0.1, -0.05) is 18.2 Å². The van der Waals surface area contributed by atoms with Gasteiger partial charge in [0.1, 0.15) is 5.82 Å². The summed E-state index contributed by atoms with van der Waals surface area (Å²) < 4.78 is 13.3. The van der Waals surface area contributed by atoms with E-state index >= 15 is 0 Å². The molecule has 0 radical (unpaired) electrons. The molecule has 1 aliphatic carbocycles. The summed E-state index contributed by atoms with van der Waals surface area (Å²) in [6.07, 6.45) is 1.54. The quantitative estimate of drug-likeness (QED) is 0.764. The highest BCUT2D eigenvalue weighted by molar-refractivity contribution is 5.72. The molecule has 1 aromatic rings. The fraction of sp³-hybridized carbons (Fsp3) is 0.364. The molecule has 2 rings (SSSR count). The van der Waals surface area contributed by atoms with Gasteiger partial charge in [-0.2, -0.15) is 0 Å². The minimum atomic E-state index is -0.507. The molecule has 0 aromatic heterocycles. The molecule has 0 atom stereocenters. The van der Waals surface area contributed by atoms with E-state index in [-0.39, 0.29) is 17.8 Å². The second kappa shape index (κ2) is 3.88. The van der Waals surface area contributed by atoms with Gasteiger partial charge >= 0.3 is 6.03 Å². The van der Waals surface area contributed by atoms with Gasteiger partial charge < -0.3 is 11.1 Å². The number of carbonyl (C=O) groups excluding carboxylic acids is 1. The first kappa shape index (κ1) is 9.96. The van der Waals surface area contributed by atoms with Gasteiger partial charge in [-0.25, -0.2) is 9.18 Å². The first-order valence-electron chi connectivity index (χ1n) is 4.97. The summed E-state index contributed by atoms with van der Waals surface area (Å²) in [7, 11) is 0. The van der Waals surface area contributed by atoms with E-state index in [1.165, 1.54) is 6.07 Å². The first-order valence-corrected chi connectivity index (χ1v) is 4.97. The minimum absolute atomic E-state index is 0.104. The fourth-order valence-electron chi connectivity index (χ4n) is 2.00. The van der Waals surface area contributed by atoms with Crippen molar-refractivity contribution in [3.63, 3.8) is 0 Å². The van der Waals surface area contributed by atoms with Crippen molar-refractivity contribution < 1.29 is 9.18 Å². The van der Waals surface area contributed by atoms with E-state index in [4.69, 9.17) is 5.73 Å². The van der Waals surface area contributed by atoms with Gasteiger partial charge in [-0.15, -0.1) is 0 Å². The molecule has 4 heteroatoms. The van der Waals surface area contributed by atoms with E-state index in [0.29, 0.717) is 0 Å². The van der Waals surface area contributed by atoms with Crippen LogP contribution in [0.4, 0.5) is 9.18 Å². The van der Waals surface area contributed by atoms with Crippen LogP contribution in [0.25, 0.3) is 0 Å². The fourth-order valence-corrected chi connectivity index (χ4v) is 2.00. The van der Waals surface area contributed by atoms with Gasteiger partial charge in [0.25, 0.3) is 0 Å². The van der Waals surface area contributed by atoms with E-state index in [9.17, 15) is 9.18 Å². The second-order valence-electron chi connectivity index (χ2n) is 3.90. The van der Waals surface area contributed by atoms with Crippen molar-refractivity contribution in [2.24, 2.45) is 5.73 Å². The van der Waals surface area contributed by atoms with Crippen molar-refractivity contribution in [1.29, 1.82) is 0 Å². The third-order valence-electron chi connectivity index (χ3n) is 2.83. The zero-order valence-electron chi connectivity index (χ0n) is 8.24. The van der Waals surface area contributed by atoms with Crippen LogP contribution in [0.2, 0.25) is 0 Å².